The first-order chi connectivity index (χ1) is 12.9. The van der Waals surface area contributed by atoms with Crippen LogP contribution in [0.3, 0.4) is 0 Å². The third-order valence-electron chi connectivity index (χ3n) is 5.52. The zero-order valence-corrected chi connectivity index (χ0v) is 17.3. The van der Waals surface area contributed by atoms with Crippen molar-refractivity contribution in [3.8, 4) is 0 Å². The van der Waals surface area contributed by atoms with Crippen LogP contribution in [0.4, 0.5) is 0 Å². The van der Waals surface area contributed by atoms with Gasteiger partial charge in [0, 0.05) is 30.1 Å². The molecule has 1 aliphatic heterocycles. The summed E-state index contributed by atoms with van der Waals surface area (Å²) in [5, 5.41) is 4.76. The number of hydrogen-bond donors (Lipinski definition) is 2. The van der Waals surface area contributed by atoms with Crippen LogP contribution in [-0.2, 0) is 0 Å². The maximum absolute atomic E-state index is 5.61. The summed E-state index contributed by atoms with van der Waals surface area (Å²) in [5.41, 5.74) is 14.6. The lowest BCUT2D eigenvalue weighted by Crippen LogP contribution is -2.43. The smallest absolute Gasteiger partial charge is 0.184 e. The van der Waals surface area contributed by atoms with Crippen LogP contribution >= 0.6 is 12.2 Å². The van der Waals surface area contributed by atoms with Crippen molar-refractivity contribution in [2.75, 3.05) is 7.05 Å². The fraction of sp³-hybridized carbons (Fsp3) is 0.364. The highest BCUT2D eigenvalue weighted by Gasteiger charge is 2.38. The molecule has 0 aliphatic carbocycles. The van der Waals surface area contributed by atoms with E-state index >= 15 is 0 Å². The molecular formula is C22H28N4S. The summed E-state index contributed by atoms with van der Waals surface area (Å²) >= 11 is 4.95. The topological polar surface area (TPSA) is 53.6 Å². The number of nitrogens with one attached hydrogen (secondary N) is 1. The molecule has 2 aromatic carbocycles. The molecule has 0 bridgehead atoms. The molecule has 0 radical (unpaired) electrons. The Morgan fingerprint density at radius 1 is 1.04 bits per heavy atom. The molecular weight excluding hydrogens is 352 g/mol. The normalized spacial score (nSPS) is 24.7. The Hall–Kier alpha value is -2.24. The predicted molar refractivity (Wildman–Crippen MR) is 117 cm³/mol. The van der Waals surface area contributed by atoms with Gasteiger partial charge in [-0.2, -0.15) is 5.10 Å². The molecule has 3 atom stereocenters. The number of thiocarbonyl (C=S) groups is 1. The summed E-state index contributed by atoms with van der Waals surface area (Å²) in [7, 11) is 2.21. The van der Waals surface area contributed by atoms with Crippen molar-refractivity contribution in [1.82, 2.24) is 10.3 Å². The average Bonchev–Trinajstić information content (AvgIpc) is 2.63. The summed E-state index contributed by atoms with van der Waals surface area (Å²) < 4.78 is 0. The van der Waals surface area contributed by atoms with Gasteiger partial charge < -0.3 is 5.73 Å². The molecule has 1 aliphatic rings. The first kappa shape index (κ1) is 19.5. The van der Waals surface area contributed by atoms with Gasteiger partial charge in [-0.1, -0.05) is 66.6 Å². The molecule has 5 heteroatoms. The molecule has 27 heavy (non-hydrogen) atoms. The SMILES string of the molecule is Cc1ccc(C2C/C(=N\NC(N)=S)C(C)C(c3ccc(C)cc3)N2C)cc1. The average molecular weight is 381 g/mol. The van der Waals surface area contributed by atoms with E-state index in [1.165, 1.54) is 22.3 Å². The Morgan fingerprint density at radius 3 is 2.07 bits per heavy atom. The summed E-state index contributed by atoms with van der Waals surface area (Å²) in [6, 6.07) is 18.1. The van der Waals surface area contributed by atoms with Gasteiger partial charge in [0.25, 0.3) is 0 Å². The van der Waals surface area contributed by atoms with Gasteiger partial charge in [0.2, 0.25) is 0 Å². The first-order valence-corrected chi connectivity index (χ1v) is 9.74. The summed E-state index contributed by atoms with van der Waals surface area (Å²) in [4.78, 5) is 2.47. The standard InChI is InChI=1S/C22H28N4S/c1-14-5-9-17(10-6-14)20-13-19(24-25-22(23)27)16(3)21(26(20)4)18-11-7-15(2)8-12-18/h5-12,16,20-21H,13H2,1-4H3,(H3,23,25,27)/b24-19+. The van der Waals surface area contributed by atoms with Crippen LogP contribution in [0.2, 0.25) is 0 Å². The van der Waals surface area contributed by atoms with Crippen LogP contribution in [0.15, 0.2) is 53.6 Å². The first-order valence-electron chi connectivity index (χ1n) is 9.33. The number of aryl methyl sites for hydroxylation is 2. The molecule has 3 unspecified atom stereocenters. The minimum Gasteiger partial charge on any atom is -0.375 e. The largest absolute Gasteiger partial charge is 0.375 e. The second-order valence-corrected chi connectivity index (χ2v) is 7.96. The predicted octanol–water partition coefficient (Wildman–Crippen LogP) is 4.25. The van der Waals surface area contributed by atoms with Crippen LogP contribution < -0.4 is 11.2 Å². The molecule has 142 valence electrons. The Bertz CT molecular complexity index is 826. The van der Waals surface area contributed by atoms with Crippen molar-refractivity contribution in [3.63, 3.8) is 0 Å². The van der Waals surface area contributed by atoms with Gasteiger partial charge in [-0.3, -0.25) is 10.3 Å². The van der Waals surface area contributed by atoms with Gasteiger partial charge in [-0.05, 0) is 44.2 Å². The van der Waals surface area contributed by atoms with Crippen molar-refractivity contribution < 1.29 is 0 Å². The lowest BCUT2D eigenvalue weighted by Gasteiger charge is -2.44. The van der Waals surface area contributed by atoms with E-state index in [2.05, 4.69) is 91.8 Å². The van der Waals surface area contributed by atoms with Crippen molar-refractivity contribution in [2.24, 2.45) is 16.8 Å². The third-order valence-corrected chi connectivity index (χ3v) is 5.61. The quantitative estimate of drug-likeness (QED) is 0.617. The van der Waals surface area contributed by atoms with E-state index in [0.717, 1.165) is 12.1 Å². The molecule has 1 fully saturated rings. The summed E-state index contributed by atoms with van der Waals surface area (Å²) in [6.07, 6.45) is 0.846. The molecule has 0 spiro atoms. The van der Waals surface area contributed by atoms with Gasteiger partial charge in [-0.25, -0.2) is 0 Å². The Labute approximate surface area is 167 Å². The van der Waals surface area contributed by atoms with E-state index in [9.17, 15) is 0 Å². The molecule has 0 aromatic heterocycles. The van der Waals surface area contributed by atoms with Crippen LogP contribution in [0.1, 0.15) is 47.7 Å². The number of hydrogen-bond acceptors (Lipinski definition) is 3. The Morgan fingerprint density at radius 2 is 1.56 bits per heavy atom. The van der Waals surface area contributed by atoms with Crippen molar-refractivity contribution in [1.29, 1.82) is 0 Å². The third kappa shape index (κ3) is 4.37. The van der Waals surface area contributed by atoms with E-state index in [-0.39, 0.29) is 23.1 Å². The number of hydrazone groups is 1. The fourth-order valence-corrected chi connectivity index (χ4v) is 4.01. The van der Waals surface area contributed by atoms with Crippen LogP contribution in [0.25, 0.3) is 0 Å². The summed E-state index contributed by atoms with van der Waals surface area (Å²) in [6.45, 7) is 6.46. The molecule has 0 amide bonds. The van der Waals surface area contributed by atoms with Gasteiger partial charge in [-0.15, -0.1) is 0 Å². The van der Waals surface area contributed by atoms with Gasteiger partial charge in [0.1, 0.15) is 0 Å². The molecule has 1 heterocycles. The number of nitrogens with zero attached hydrogens (tertiary/aromatic N) is 2. The van der Waals surface area contributed by atoms with Crippen LogP contribution in [0.5, 0.6) is 0 Å². The monoisotopic (exact) mass is 380 g/mol. The molecule has 4 nitrogen and oxygen atoms in total. The highest BCUT2D eigenvalue weighted by molar-refractivity contribution is 7.80. The maximum Gasteiger partial charge on any atom is 0.184 e. The fourth-order valence-electron chi connectivity index (χ4n) is 3.96. The highest BCUT2D eigenvalue weighted by Crippen LogP contribution is 2.42. The van der Waals surface area contributed by atoms with Crippen molar-refractivity contribution in [3.05, 3.63) is 70.8 Å². The van der Waals surface area contributed by atoms with Crippen LogP contribution in [0, 0.1) is 19.8 Å². The maximum atomic E-state index is 5.61. The molecule has 1 saturated heterocycles. The Kier molecular flexibility index (Phi) is 5.92. The molecule has 2 aromatic rings. The number of benzene rings is 2. The van der Waals surface area contributed by atoms with Crippen molar-refractivity contribution in [2.45, 2.75) is 39.3 Å². The van der Waals surface area contributed by atoms with E-state index in [1.807, 2.05) is 0 Å². The molecule has 3 N–H and O–H groups in total. The van der Waals surface area contributed by atoms with E-state index in [1.54, 1.807) is 0 Å². The number of likely N-dealkylation sites (tertiary alicyclic amines) is 1. The lowest BCUT2D eigenvalue weighted by atomic mass is 9.79. The van der Waals surface area contributed by atoms with E-state index < -0.39 is 0 Å². The Balaban J connectivity index is 2.01. The minimum absolute atomic E-state index is 0.201. The summed E-state index contributed by atoms with van der Waals surface area (Å²) in [5.74, 6) is 0.251. The zero-order valence-electron chi connectivity index (χ0n) is 16.4. The van der Waals surface area contributed by atoms with Crippen molar-refractivity contribution >= 4 is 23.0 Å². The molecule has 3 rings (SSSR count). The highest BCUT2D eigenvalue weighted by atomic mass is 32.1. The van der Waals surface area contributed by atoms with Crippen LogP contribution in [-0.4, -0.2) is 22.8 Å². The second kappa shape index (κ2) is 8.19. The minimum atomic E-state index is 0.201. The number of nitrogens with two attached hydrogens (primary N) is 1. The van der Waals surface area contributed by atoms with Gasteiger partial charge in [0.05, 0.1) is 0 Å². The van der Waals surface area contributed by atoms with E-state index in [4.69, 9.17) is 18.0 Å². The van der Waals surface area contributed by atoms with Gasteiger partial charge in [0.15, 0.2) is 5.11 Å². The lowest BCUT2D eigenvalue weighted by molar-refractivity contribution is 0.131. The van der Waals surface area contributed by atoms with E-state index in [0.29, 0.717) is 0 Å². The zero-order chi connectivity index (χ0) is 19.6. The number of rotatable bonds is 3. The second-order valence-electron chi connectivity index (χ2n) is 7.52. The number of piperidine rings is 1. The van der Waals surface area contributed by atoms with Gasteiger partial charge >= 0.3 is 0 Å². The molecule has 0 saturated carbocycles.